The smallest absolute Gasteiger partial charge is 0.0436 e. The van der Waals surface area contributed by atoms with Crippen LogP contribution in [0.3, 0.4) is 0 Å². The number of hydrogen-bond acceptors (Lipinski definition) is 1. The van der Waals surface area contributed by atoms with Gasteiger partial charge in [0.2, 0.25) is 0 Å². The highest BCUT2D eigenvalue weighted by Gasteiger charge is 2.66. The molecule has 3 nitrogen and oxygen atoms in total. The van der Waals surface area contributed by atoms with Crippen LogP contribution in [0.2, 0.25) is 0 Å². The van der Waals surface area contributed by atoms with Crippen molar-refractivity contribution in [2.75, 3.05) is 0 Å². The molecule has 0 amide bonds. The van der Waals surface area contributed by atoms with Crippen molar-refractivity contribution in [3.8, 4) is 0 Å². The van der Waals surface area contributed by atoms with E-state index >= 15 is 0 Å². The molecule has 0 spiro atoms. The van der Waals surface area contributed by atoms with Crippen molar-refractivity contribution in [2.45, 2.75) is 38.1 Å². The van der Waals surface area contributed by atoms with Crippen molar-refractivity contribution in [2.24, 2.45) is 52.5 Å². The summed E-state index contributed by atoms with van der Waals surface area (Å²) in [6.45, 7) is 0. The summed E-state index contributed by atoms with van der Waals surface area (Å²) in [5.41, 5.74) is 8.83. The molecule has 0 saturated heterocycles. The van der Waals surface area contributed by atoms with E-state index in [1.807, 2.05) is 0 Å². The Balaban J connectivity index is 1.65. The highest BCUT2D eigenvalue weighted by molar-refractivity contribution is 5.16. The predicted octanol–water partition coefficient (Wildman–Crippen LogP) is 3.61. The third-order valence-electron chi connectivity index (χ3n) is 7.22. The van der Waals surface area contributed by atoms with Crippen LogP contribution in [0, 0.1) is 47.3 Å². The van der Waals surface area contributed by atoms with Crippen molar-refractivity contribution in [1.82, 2.24) is 0 Å². The van der Waals surface area contributed by atoms with Gasteiger partial charge in [-0.25, -0.2) is 0 Å². The third kappa shape index (κ3) is 0.920. The molecule has 90 valence electrons. The maximum Gasteiger partial charge on any atom is 0.0436 e. The van der Waals surface area contributed by atoms with Crippen LogP contribution < -0.4 is 0 Å². The Morgan fingerprint density at radius 1 is 0.824 bits per heavy atom. The van der Waals surface area contributed by atoms with Crippen LogP contribution >= 0.6 is 0 Å². The molecular formula is C14H19N3. The van der Waals surface area contributed by atoms with Gasteiger partial charge < -0.3 is 0 Å². The molecule has 7 saturated carbocycles. The first kappa shape index (κ1) is 9.27. The first-order valence-corrected chi connectivity index (χ1v) is 7.41. The Labute approximate surface area is 102 Å². The Hall–Kier alpha value is -0.690. The zero-order valence-electron chi connectivity index (χ0n) is 10.1. The molecule has 8 bridgehead atoms. The molecule has 3 heteroatoms. The standard InChI is InChI=1S/C14H19N3/c15-17-16-14-7-4-9-8-1-6-2-11(9)13(14)12(3-6)10(8)5-7/h6-14H,1-5H2/t6?,7?,8?,9-,10?,11?,12?,13?,14?/m1/s1. The van der Waals surface area contributed by atoms with Gasteiger partial charge in [0.25, 0.3) is 0 Å². The van der Waals surface area contributed by atoms with E-state index in [1.54, 1.807) is 6.42 Å². The maximum absolute atomic E-state index is 8.83. The first-order chi connectivity index (χ1) is 8.36. The van der Waals surface area contributed by atoms with Crippen LogP contribution in [-0.2, 0) is 0 Å². The second kappa shape index (κ2) is 2.83. The van der Waals surface area contributed by atoms with Gasteiger partial charge >= 0.3 is 0 Å². The van der Waals surface area contributed by atoms with Gasteiger partial charge in [0.1, 0.15) is 0 Å². The normalized spacial score (nSPS) is 65.1. The van der Waals surface area contributed by atoms with Gasteiger partial charge in [0.05, 0.1) is 0 Å². The highest BCUT2D eigenvalue weighted by atomic mass is 15.2. The lowest BCUT2D eigenvalue weighted by molar-refractivity contribution is -0.210. The summed E-state index contributed by atoms with van der Waals surface area (Å²) in [5.74, 6) is 7.62. The van der Waals surface area contributed by atoms with Crippen LogP contribution in [0.15, 0.2) is 5.11 Å². The molecule has 17 heavy (non-hydrogen) atoms. The van der Waals surface area contributed by atoms with Gasteiger partial charge in [-0.1, -0.05) is 5.11 Å². The highest BCUT2D eigenvalue weighted by Crippen LogP contribution is 2.71. The fraction of sp³-hybridized carbons (Fsp3) is 1.00. The van der Waals surface area contributed by atoms with E-state index in [-0.39, 0.29) is 0 Å². The second-order valence-electron chi connectivity index (χ2n) is 7.40. The maximum atomic E-state index is 8.83. The minimum atomic E-state index is 0.377. The zero-order valence-corrected chi connectivity index (χ0v) is 10.1. The molecule has 7 fully saturated rings. The van der Waals surface area contributed by atoms with Crippen molar-refractivity contribution in [3.63, 3.8) is 0 Å². The van der Waals surface area contributed by atoms with E-state index in [0.717, 1.165) is 47.3 Å². The first-order valence-electron chi connectivity index (χ1n) is 7.41. The van der Waals surface area contributed by atoms with E-state index in [1.165, 1.54) is 25.7 Å². The Bertz CT molecular complexity index is 403. The molecule has 8 unspecified atom stereocenters. The Morgan fingerprint density at radius 2 is 1.41 bits per heavy atom. The van der Waals surface area contributed by atoms with Crippen LogP contribution in [-0.4, -0.2) is 6.04 Å². The van der Waals surface area contributed by atoms with Crippen molar-refractivity contribution in [3.05, 3.63) is 10.4 Å². The lowest BCUT2D eigenvalue weighted by atomic mass is 9.35. The van der Waals surface area contributed by atoms with Gasteiger partial charge in [0, 0.05) is 11.0 Å². The predicted molar refractivity (Wildman–Crippen MR) is 63.9 cm³/mol. The minimum Gasteiger partial charge on any atom is -0.0900 e. The zero-order chi connectivity index (χ0) is 11.1. The molecule has 0 aromatic carbocycles. The van der Waals surface area contributed by atoms with E-state index in [9.17, 15) is 0 Å². The number of azide groups is 1. The van der Waals surface area contributed by atoms with Crippen molar-refractivity contribution in [1.29, 1.82) is 0 Å². The third-order valence-corrected chi connectivity index (χ3v) is 7.22. The van der Waals surface area contributed by atoms with Gasteiger partial charge in [-0.15, -0.1) is 0 Å². The summed E-state index contributed by atoms with van der Waals surface area (Å²) in [4.78, 5) is 3.16. The van der Waals surface area contributed by atoms with E-state index in [0.29, 0.717) is 6.04 Å². The van der Waals surface area contributed by atoms with Crippen molar-refractivity contribution < 1.29 is 0 Å². The largest absolute Gasteiger partial charge is 0.0900 e. The van der Waals surface area contributed by atoms with E-state index < -0.39 is 0 Å². The van der Waals surface area contributed by atoms with Gasteiger partial charge in [0.15, 0.2) is 0 Å². The molecule has 7 rings (SSSR count). The fourth-order valence-corrected chi connectivity index (χ4v) is 7.12. The molecular weight excluding hydrogens is 210 g/mol. The molecule has 0 N–H and O–H groups in total. The summed E-state index contributed by atoms with van der Waals surface area (Å²) >= 11 is 0. The molecule has 0 radical (unpaired) electrons. The minimum absolute atomic E-state index is 0.377. The lowest BCUT2D eigenvalue weighted by Gasteiger charge is -2.71. The second-order valence-corrected chi connectivity index (χ2v) is 7.40. The van der Waals surface area contributed by atoms with Crippen LogP contribution in [0.5, 0.6) is 0 Å². The number of hydrogen-bond donors (Lipinski definition) is 0. The summed E-state index contributed by atoms with van der Waals surface area (Å²) in [6.07, 6.45) is 7.28. The van der Waals surface area contributed by atoms with Crippen molar-refractivity contribution >= 4 is 0 Å². The van der Waals surface area contributed by atoms with Crippen LogP contribution in [0.4, 0.5) is 0 Å². The fourth-order valence-electron chi connectivity index (χ4n) is 7.12. The lowest BCUT2D eigenvalue weighted by Crippen LogP contribution is -2.66. The molecule has 0 aliphatic heterocycles. The van der Waals surface area contributed by atoms with Gasteiger partial charge in [-0.05, 0) is 85.0 Å². The van der Waals surface area contributed by atoms with Gasteiger partial charge in [-0.2, -0.15) is 0 Å². The molecule has 7 aliphatic carbocycles. The summed E-state index contributed by atoms with van der Waals surface area (Å²) in [6, 6.07) is 0.377. The monoisotopic (exact) mass is 229 g/mol. The summed E-state index contributed by atoms with van der Waals surface area (Å²) in [7, 11) is 0. The average molecular weight is 229 g/mol. The molecule has 0 heterocycles. The topological polar surface area (TPSA) is 48.8 Å². The van der Waals surface area contributed by atoms with Gasteiger partial charge in [-0.3, -0.25) is 0 Å². The number of rotatable bonds is 1. The summed E-state index contributed by atoms with van der Waals surface area (Å²) in [5, 5.41) is 4.23. The average Bonchev–Trinajstić information content (AvgIpc) is 2.36. The van der Waals surface area contributed by atoms with E-state index in [2.05, 4.69) is 10.0 Å². The summed E-state index contributed by atoms with van der Waals surface area (Å²) < 4.78 is 0. The quantitative estimate of drug-likeness (QED) is 0.374. The van der Waals surface area contributed by atoms with Crippen LogP contribution in [0.25, 0.3) is 10.4 Å². The SMILES string of the molecule is [N-]=[N+]=NC1C2CC3C4CC5CC3[C@@H](C2)C(C5)C41. The molecule has 0 aromatic rings. The number of nitrogens with zero attached hydrogens (tertiary/aromatic N) is 3. The molecule has 7 aliphatic rings. The van der Waals surface area contributed by atoms with Crippen LogP contribution in [0.1, 0.15) is 32.1 Å². The Morgan fingerprint density at radius 3 is 2.06 bits per heavy atom. The molecule has 9 atom stereocenters. The van der Waals surface area contributed by atoms with E-state index in [4.69, 9.17) is 5.53 Å². The Kier molecular flexibility index (Phi) is 1.54. The molecule has 0 aromatic heterocycles.